The maximum absolute atomic E-state index is 11.4. The molecule has 5 heteroatoms. The molecule has 0 aliphatic heterocycles. The molecule has 0 heterocycles. The normalized spacial score (nSPS) is 9.40. The van der Waals surface area contributed by atoms with Crippen LogP contribution >= 0.6 is 0 Å². The van der Waals surface area contributed by atoms with Crippen LogP contribution in [0.15, 0.2) is 0 Å². The minimum atomic E-state index is -1.56. The fraction of sp³-hybridized carbons (Fsp3) is 0.800. The van der Waals surface area contributed by atoms with E-state index in [0.717, 1.165) is 0 Å². The highest BCUT2D eigenvalue weighted by atomic mass is 19.1. The molecule has 0 aromatic carbocycles. The lowest BCUT2D eigenvalue weighted by Gasteiger charge is -1.99. The van der Waals surface area contributed by atoms with Crippen molar-refractivity contribution in [2.24, 2.45) is 0 Å². The Morgan fingerprint density at radius 3 is 2.80 bits per heavy atom. The van der Waals surface area contributed by atoms with Crippen LogP contribution in [0.2, 0.25) is 0 Å². The molecule has 0 aromatic heterocycles. The Morgan fingerprint density at radius 2 is 2.30 bits per heavy atom. The van der Waals surface area contributed by atoms with Crippen molar-refractivity contribution in [2.45, 2.75) is 0 Å². The van der Waals surface area contributed by atoms with Gasteiger partial charge in [-0.15, -0.1) is 4.39 Å². The number of rotatable bonds is 5. The molecule has 0 aliphatic carbocycles. The van der Waals surface area contributed by atoms with Gasteiger partial charge in [-0.2, -0.15) is 0 Å². The molecular formula is C5H10FNO3. The van der Waals surface area contributed by atoms with Gasteiger partial charge in [0, 0.05) is 6.54 Å². The van der Waals surface area contributed by atoms with Gasteiger partial charge in [-0.1, -0.05) is 0 Å². The summed E-state index contributed by atoms with van der Waals surface area (Å²) in [5.41, 5.74) is 0. The highest BCUT2D eigenvalue weighted by molar-refractivity contribution is 5.65. The van der Waals surface area contributed by atoms with Gasteiger partial charge in [0.15, 0.2) is 0 Å². The van der Waals surface area contributed by atoms with Crippen LogP contribution in [0, 0.1) is 0 Å². The van der Waals surface area contributed by atoms with Crippen LogP contribution in [0.4, 0.5) is 9.18 Å². The Hall–Kier alpha value is -0.680. The molecule has 2 N–H and O–H groups in total. The summed E-state index contributed by atoms with van der Waals surface area (Å²) in [6.07, 6.45) is -1.56. The van der Waals surface area contributed by atoms with E-state index in [9.17, 15) is 9.18 Å². The molecule has 0 unspecified atom stereocenters. The number of ether oxygens (including phenoxy) is 1. The van der Waals surface area contributed by atoms with Gasteiger partial charge < -0.3 is 15.2 Å². The SMILES string of the molecule is O=C(F)NCCOCCO. The minimum Gasteiger partial charge on any atom is -0.394 e. The molecule has 0 aromatic rings. The second-order valence-electron chi connectivity index (χ2n) is 1.54. The average molecular weight is 151 g/mol. The van der Waals surface area contributed by atoms with E-state index in [-0.39, 0.29) is 26.4 Å². The van der Waals surface area contributed by atoms with Gasteiger partial charge in [0.25, 0.3) is 0 Å². The van der Waals surface area contributed by atoms with Crippen LogP contribution in [0.3, 0.4) is 0 Å². The monoisotopic (exact) mass is 151 g/mol. The molecular weight excluding hydrogens is 141 g/mol. The first-order valence-electron chi connectivity index (χ1n) is 2.89. The first-order valence-corrected chi connectivity index (χ1v) is 2.89. The van der Waals surface area contributed by atoms with E-state index in [4.69, 9.17) is 9.84 Å². The molecule has 4 nitrogen and oxygen atoms in total. The Morgan fingerprint density at radius 1 is 1.60 bits per heavy atom. The molecule has 10 heavy (non-hydrogen) atoms. The molecule has 0 fully saturated rings. The molecule has 0 aliphatic rings. The zero-order valence-electron chi connectivity index (χ0n) is 5.47. The number of hydrogen-bond acceptors (Lipinski definition) is 3. The average Bonchev–Trinajstić information content (AvgIpc) is 1.87. The largest absolute Gasteiger partial charge is 0.397 e. The third-order valence-electron chi connectivity index (χ3n) is 0.746. The van der Waals surface area contributed by atoms with Crippen molar-refractivity contribution < 1.29 is 19.0 Å². The van der Waals surface area contributed by atoms with Crippen LogP contribution < -0.4 is 5.32 Å². The van der Waals surface area contributed by atoms with E-state index >= 15 is 0 Å². The van der Waals surface area contributed by atoms with Crippen molar-refractivity contribution >= 4 is 6.16 Å². The van der Waals surface area contributed by atoms with Crippen LogP contribution in [0.1, 0.15) is 0 Å². The maximum Gasteiger partial charge on any atom is 0.397 e. The molecule has 0 rings (SSSR count). The highest BCUT2D eigenvalue weighted by Gasteiger charge is 1.92. The van der Waals surface area contributed by atoms with Crippen LogP contribution in [0.25, 0.3) is 0 Å². The van der Waals surface area contributed by atoms with Gasteiger partial charge in [0.2, 0.25) is 0 Å². The summed E-state index contributed by atoms with van der Waals surface area (Å²) in [4.78, 5) is 9.59. The van der Waals surface area contributed by atoms with Crippen molar-refractivity contribution in [3.63, 3.8) is 0 Å². The van der Waals surface area contributed by atoms with Gasteiger partial charge >= 0.3 is 6.16 Å². The molecule has 0 saturated carbocycles. The quantitative estimate of drug-likeness (QED) is 0.321. The topological polar surface area (TPSA) is 58.6 Å². The first kappa shape index (κ1) is 9.32. The van der Waals surface area contributed by atoms with Crippen LogP contribution in [0.5, 0.6) is 0 Å². The predicted molar refractivity (Wildman–Crippen MR) is 32.4 cm³/mol. The molecule has 0 spiro atoms. The van der Waals surface area contributed by atoms with E-state index in [1.54, 1.807) is 0 Å². The van der Waals surface area contributed by atoms with Gasteiger partial charge in [-0.05, 0) is 0 Å². The highest BCUT2D eigenvalue weighted by Crippen LogP contribution is 1.73. The lowest BCUT2D eigenvalue weighted by Crippen LogP contribution is -2.22. The fourth-order valence-corrected chi connectivity index (χ4v) is 0.388. The zero-order chi connectivity index (χ0) is 7.82. The first-order chi connectivity index (χ1) is 4.77. The van der Waals surface area contributed by atoms with Crippen molar-refractivity contribution in [3.8, 4) is 0 Å². The predicted octanol–water partition coefficient (Wildman–Crippen LogP) is -0.326. The number of carbonyl (C=O) groups is 1. The Kier molecular flexibility index (Phi) is 6.00. The van der Waals surface area contributed by atoms with E-state index in [0.29, 0.717) is 0 Å². The van der Waals surface area contributed by atoms with Crippen molar-refractivity contribution in [3.05, 3.63) is 0 Å². The summed E-state index contributed by atoms with van der Waals surface area (Å²) in [5, 5.41) is 10.1. The lowest BCUT2D eigenvalue weighted by molar-refractivity contribution is 0.0942. The molecule has 60 valence electrons. The van der Waals surface area contributed by atoms with Crippen LogP contribution in [-0.4, -0.2) is 37.6 Å². The lowest BCUT2D eigenvalue weighted by atomic mass is 10.7. The third-order valence-corrected chi connectivity index (χ3v) is 0.746. The zero-order valence-corrected chi connectivity index (χ0v) is 5.47. The summed E-state index contributed by atoms with van der Waals surface area (Å²) in [5.74, 6) is 0. The summed E-state index contributed by atoms with van der Waals surface area (Å²) >= 11 is 0. The second kappa shape index (κ2) is 6.44. The maximum atomic E-state index is 11.4. The van der Waals surface area contributed by atoms with Gasteiger partial charge in [0.05, 0.1) is 19.8 Å². The van der Waals surface area contributed by atoms with Crippen molar-refractivity contribution in [1.82, 2.24) is 5.32 Å². The number of halogens is 1. The van der Waals surface area contributed by atoms with E-state index in [1.807, 2.05) is 5.32 Å². The van der Waals surface area contributed by atoms with Crippen molar-refractivity contribution in [2.75, 3.05) is 26.4 Å². The van der Waals surface area contributed by atoms with E-state index < -0.39 is 6.16 Å². The fourth-order valence-electron chi connectivity index (χ4n) is 0.388. The van der Waals surface area contributed by atoms with Crippen LogP contribution in [-0.2, 0) is 4.74 Å². The summed E-state index contributed by atoms with van der Waals surface area (Å²) < 4.78 is 16.1. The number of nitrogens with one attached hydrogen (secondary N) is 1. The molecule has 0 bridgehead atoms. The number of hydrogen-bond donors (Lipinski definition) is 2. The Balaban J connectivity index is 2.84. The van der Waals surface area contributed by atoms with E-state index in [1.165, 1.54) is 0 Å². The Labute approximate surface area is 58.0 Å². The molecule has 1 amide bonds. The number of aliphatic hydroxyl groups excluding tert-OH is 1. The van der Waals surface area contributed by atoms with Crippen molar-refractivity contribution in [1.29, 1.82) is 0 Å². The van der Waals surface area contributed by atoms with Gasteiger partial charge in [0.1, 0.15) is 0 Å². The number of amides is 1. The molecule has 0 atom stereocenters. The standard InChI is InChI=1S/C5H10FNO3/c6-5(9)7-1-3-10-4-2-8/h8H,1-4H2,(H,7,9). The smallest absolute Gasteiger partial charge is 0.394 e. The van der Waals surface area contributed by atoms with Gasteiger partial charge in [-0.25, -0.2) is 4.79 Å². The van der Waals surface area contributed by atoms with Gasteiger partial charge in [-0.3, -0.25) is 0 Å². The Bertz CT molecular complexity index is 98.9. The summed E-state index contributed by atoms with van der Waals surface area (Å²) in [6, 6.07) is 0. The minimum absolute atomic E-state index is 0.0659. The third kappa shape index (κ3) is 7.32. The number of aliphatic hydroxyl groups is 1. The van der Waals surface area contributed by atoms with E-state index in [2.05, 4.69) is 0 Å². The molecule has 0 radical (unpaired) electrons. The summed E-state index contributed by atoms with van der Waals surface area (Å²) in [6.45, 7) is 0.497. The molecule has 0 saturated heterocycles. The number of carbonyl (C=O) groups excluding carboxylic acids is 1. The second-order valence-corrected chi connectivity index (χ2v) is 1.54. The summed E-state index contributed by atoms with van der Waals surface area (Å²) in [7, 11) is 0.